The van der Waals surface area contributed by atoms with Gasteiger partial charge in [-0.3, -0.25) is 4.90 Å². The second-order valence-electron chi connectivity index (χ2n) is 6.22. The van der Waals surface area contributed by atoms with Crippen molar-refractivity contribution in [3.8, 4) is 0 Å². The number of nitrogens with one attached hydrogen (secondary N) is 1. The molecule has 0 spiro atoms. The summed E-state index contributed by atoms with van der Waals surface area (Å²) in [5.74, 6) is 2.02. The average Bonchev–Trinajstić information content (AvgIpc) is 2.97. The van der Waals surface area contributed by atoms with Gasteiger partial charge in [-0.25, -0.2) is 0 Å². The number of hydrogen-bond acceptors (Lipinski definition) is 4. The highest BCUT2D eigenvalue weighted by molar-refractivity contribution is 7.09. The Morgan fingerprint density at radius 3 is 2.55 bits per heavy atom. The van der Waals surface area contributed by atoms with Crippen LogP contribution in [0.25, 0.3) is 0 Å². The number of nitrogens with zero attached hydrogens (tertiary/aromatic N) is 1. The van der Waals surface area contributed by atoms with Crippen molar-refractivity contribution >= 4 is 11.3 Å². The maximum absolute atomic E-state index is 5.87. The predicted octanol–water partition coefficient (Wildman–Crippen LogP) is 3.86. The molecule has 3 nitrogen and oxygen atoms in total. The van der Waals surface area contributed by atoms with Crippen molar-refractivity contribution in [3.63, 3.8) is 0 Å². The van der Waals surface area contributed by atoms with Crippen molar-refractivity contribution < 1.29 is 4.42 Å². The second kappa shape index (κ2) is 6.57. The first-order chi connectivity index (χ1) is 9.42. The average molecular weight is 292 g/mol. The number of rotatable bonds is 6. The van der Waals surface area contributed by atoms with E-state index < -0.39 is 0 Å². The van der Waals surface area contributed by atoms with Crippen molar-refractivity contribution in [3.05, 3.63) is 46.0 Å². The summed E-state index contributed by atoms with van der Waals surface area (Å²) in [7, 11) is 2.12. The Balaban J connectivity index is 1.83. The summed E-state index contributed by atoms with van der Waals surface area (Å²) in [5.41, 5.74) is 0.114. The lowest BCUT2D eigenvalue weighted by atomic mass is 10.1. The molecule has 0 saturated carbocycles. The van der Waals surface area contributed by atoms with Gasteiger partial charge in [-0.15, -0.1) is 11.3 Å². The van der Waals surface area contributed by atoms with E-state index >= 15 is 0 Å². The molecular weight excluding hydrogens is 268 g/mol. The van der Waals surface area contributed by atoms with Gasteiger partial charge in [0.15, 0.2) is 0 Å². The van der Waals surface area contributed by atoms with Crippen molar-refractivity contribution in [1.29, 1.82) is 0 Å². The van der Waals surface area contributed by atoms with Crippen LogP contribution in [-0.2, 0) is 19.6 Å². The highest BCUT2D eigenvalue weighted by atomic mass is 32.1. The summed E-state index contributed by atoms with van der Waals surface area (Å²) in [6, 6.07) is 8.40. The third-order valence-electron chi connectivity index (χ3n) is 2.94. The zero-order valence-electron chi connectivity index (χ0n) is 12.8. The molecule has 1 N–H and O–H groups in total. The van der Waals surface area contributed by atoms with Crippen LogP contribution in [0, 0.1) is 0 Å². The van der Waals surface area contributed by atoms with E-state index in [4.69, 9.17) is 4.42 Å². The van der Waals surface area contributed by atoms with Gasteiger partial charge in [-0.2, -0.15) is 0 Å². The standard InChI is InChI=1S/C16H24N2OS/c1-16(2,3)17-10-13-7-8-14(19-13)11-18(4)12-15-6-5-9-20-15/h5-9,17H,10-12H2,1-4H3. The maximum Gasteiger partial charge on any atom is 0.118 e. The third-order valence-corrected chi connectivity index (χ3v) is 3.80. The summed E-state index contributed by atoms with van der Waals surface area (Å²) >= 11 is 1.80. The van der Waals surface area contributed by atoms with E-state index in [0.29, 0.717) is 0 Å². The summed E-state index contributed by atoms with van der Waals surface area (Å²) in [6.45, 7) is 9.06. The van der Waals surface area contributed by atoms with Crippen LogP contribution >= 0.6 is 11.3 Å². The SMILES string of the molecule is CN(Cc1ccc(CNC(C)(C)C)o1)Cc1cccs1. The Morgan fingerprint density at radius 2 is 1.90 bits per heavy atom. The summed E-state index contributed by atoms with van der Waals surface area (Å²) in [4.78, 5) is 3.65. The van der Waals surface area contributed by atoms with Gasteiger partial charge in [0.25, 0.3) is 0 Å². The largest absolute Gasteiger partial charge is 0.463 e. The molecule has 0 aliphatic heterocycles. The molecule has 2 heterocycles. The minimum absolute atomic E-state index is 0.114. The van der Waals surface area contributed by atoms with Crippen molar-refractivity contribution in [1.82, 2.24) is 10.2 Å². The molecule has 2 aromatic heterocycles. The molecule has 4 heteroatoms. The Labute approximate surface area is 125 Å². The van der Waals surface area contributed by atoms with E-state index in [1.54, 1.807) is 11.3 Å². The molecule has 0 radical (unpaired) electrons. The maximum atomic E-state index is 5.87. The van der Waals surface area contributed by atoms with Gasteiger partial charge in [0.1, 0.15) is 11.5 Å². The highest BCUT2D eigenvalue weighted by Gasteiger charge is 2.11. The Morgan fingerprint density at radius 1 is 1.15 bits per heavy atom. The topological polar surface area (TPSA) is 28.4 Å². The zero-order valence-corrected chi connectivity index (χ0v) is 13.6. The smallest absolute Gasteiger partial charge is 0.118 e. The lowest BCUT2D eigenvalue weighted by Crippen LogP contribution is -2.34. The summed E-state index contributed by atoms with van der Waals surface area (Å²) < 4.78 is 5.87. The van der Waals surface area contributed by atoms with Crippen LogP contribution in [0.1, 0.15) is 37.2 Å². The van der Waals surface area contributed by atoms with Crippen LogP contribution < -0.4 is 5.32 Å². The predicted molar refractivity (Wildman–Crippen MR) is 84.8 cm³/mol. The van der Waals surface area contributed by atoms with Gasteiger partial charge >= 0.3 is 0 Å². The quantitative estimate of drug-likeness (QED) is 0.876. The van der Waals surface area contributed by atoms with Crippen LogP contribution in [-0.4, -0.2) is 17.5 Å². The van der Waals surface area contributed by atoms with Gasteiger partial charge in [-0.1, -0.05) is 6.07 Å². The second-order valence-corrected chi connectivity index (χ2v) is 7.26. The lowest BCUT2D eigenvalue weighted by Gasteiger charge is -2.19. The van der Waals surface area contributed by atoms with E-state index in [9.17, 15) is 0 Å². The number of furan rings is 1. The molecule has 2 rings (SSSR count). The molecule has 0 aliphatic rings. The summed E-state index contributed by atoms with van der Waals surface area (Å²) in [5, 5.41) is 5.55. The Hall–Kier alpha value is -1.10. The molecule has 0 atom stereocenters. The number of thiophene rings is 1. The van der Waals surface area contributed by atoms with Crippen molar-refractivity contribution in [2.75, 3.05) is 7.05 Å². The molecule has 0 unspecified atom stereocenters. The molecule has 2 aromatic rings. The molecule has 20 heavy (non-hydrogen) atoms. The monoisotopic (exact) mass is 292 g/mol. The normalized spacial score (nSPS) is 12.2. The van der Waals surface area contributed by atoms with Gasteiger partial charge in [0, 0.05) is 17.0 Å². The molecule has 0 saturated heterocycles. The molecular formula is C16H24N2OS. The third kappa shape index (κ3) is 5.12. The molecule has 0 bridgehead atoms. The van der Waals surface area contributed by atoms with Crippen molar-refractivity contribution in [2.24, 2.45) is 0 Å². The van der Waals surface area contributed by atoms with E-state index in [2.05, 4.69) is 67.7 Å². The van der Waals surface area contributed by atoms with Crippen molar-refractivity contribution in [2.45, 2.75) is 45.9 Å². The molecule has 0 aromatic carbocycles. The lowest BCUT2D eigenvalue weighted by molar-refractivity contribution is 0.282. The van der Waals surface area contributed by atoms with Crippen LogP contribution in [0.15, 0.2) is 34.1 Å². The van der Waals surface area contributed by atoms with E-state index in [0.717, 1.165) is 31.2 Å². The fourth-order valence-electron chi connectivity index (χ4n) is 1.95. The van der Waals surface area contributed by atoms with Crippen LogP contribution in [0.2, 0.25) is 0 Å². The van der Waals surface area contributed by atoms with Gasteiger partial charge in [-0.05, 0) is 51.4 Å². The summed E-state index contributed by atoms with van der Waals surface area (Å²) in [6.07, 6.45) is 0. The molecule has 0 amide bonds. The van der Waals surface area contributed by atoms with Crippen LogP contribution in [0.5, 0.6) is 0 Å². The number of hydrogen-bond donors (Lipinski definition) is 1. The molecule has 0 aliphatic carbocycles. The molecule has 0 fully saturated rings. The molecule has 110 valence electrons. The zero-order chi connectivity index (χ0) is 14.6. The van der Waals surface area contributed by atoms with Crippen LogP contribution in [0.3, 0.4) is 0 Å². The fourth-order valence-corrected chi connectivity index (χ4v) is 2.73. The van der Waals surface area contributed by atoms with Gasteiger partial charge in [0.05, 0.1) is 13.1 Å². The van der Waals surface area contributed by atoms with Gasteiger partial charge in [0.2, 0.25) is 0 Å². The minimum Gasteiger partial charge on any atom is -0.463 e. The first-order valence-corrected chi connectivity index (χ1v) is 7.84. The van der Waals surface area contributed by atoms with E-state index in [1.807, 2.05) is 0 Å². The first-order valence-electron chi connectivity index (χ1n) is 6.96. The highest BCUT2D eigenvalue weighted by Crippen LogP contribution is 2.15. The van der Waals surface area contributed by atoms with Gasteiger partial charge < -0.3 is 9.73 Å². The van der Waals surface area contributed by atoms with Crippen LogP contribution in [0.4, 0.5) is 0 Å². The Bertz CT molecular complexity index is 511. The minimum atomic E-state index is 0.114. The van der Waals surface area contributed by atoms with E-state index in [-0.39, 0.29) is 5.54 Å². The Kier molecular flexibility index (Phi) is 5.02. The van der Waals surface area contributed by atoms with E-state index in [1.165, 1.54) is 4.88 Å². The fraction of sp³-hybridized carbons (Fsp3) is 0.500. The first kappa shape index (κ1) is 15.3.